The number of nitro groups is 1. The predicted octanol–water partition coefficient (Wildman–Crippen LogP) is 3.19. The Hall–Kier alpha value is -2.74. The molecular formula is C14H11N2O5S-. The summed E-state index contributed by atoms with van der Waals surface area (Å²) in [7, 11) is -4.01. The summed E-state index contributed by atoms with van der Waals surface area (Å²) in [5.41, 5.74) is 0.253. The maximum Gasteiger partial charge on any atom is 0.269 e. The molecule has 0 N–H and O–H groups in total. The summed E-state index contributed by atoms with van der Waals surface area (Å²) in [6, 6.07) is 10.3. The summed E-state index contributed by atoms with van der Waals surface area (Å²) in [4.78, 5) is 21.1. The van der Waals surface area contributed by atoms with Gasteiger partial charge in [0.05, 0.1) is 9.82 Å². The van der Waals surface area contributed by atoms with Crippen LogP contribution in [0.4, 0.5) is 11.4 Å². The summed E-state index contributed by atoms with van der Waals surface area (Å²) in [5, 5.41) is 10.6. The number of hydrogen-bond acceptors (Lipinski definition) is 5. The van der Waals surface area contributed by atoms with Gasteiger partial charge >= 0.3 is 0 Å². The number of sulfonamides is 1. The summed E-state index contributed by atoms with van der Waals surface area (Å²) in [6.45, 7) is 1.37. The van der Waals surface area contributed by atoms with E-state index >= 15 is 0 Å². The number of hydrogen-bond donors (Lipinski definition) is 0. The van der Waals surface area contributed by atoms with E-state index in [9.17, 15) is 23.3 Å². The standard InChI is InChI=1S/C14H11N2O5S/c1-10(17)11-3-2-4-12(9-11)15-22(20,21)14-7-5-13(6-8-14)16(18)19/h2-9H,1H3/q-1. The van der Waals surface area contributed by atoms with Crippen LogP contribution in [0.25, 0.3) is 4.72 Å². The quantitative estimate of drug-likeness (QED) is 0.477. The van der Waals surface area contributed by atoms with Crippen LogP contribution in [0.15, 0.2) is 53.4 Å². The predicted molar refractivity (Wildman–Crippen MR) is 79.7 cm³/mol. The van der Waals surface area contributed by atoms with Crippen LogP contribution in [0.1, 0.15) is 17.3 Å². The number of carbonyl (C=O) groups excluding carboxylic acids is 1. The van der Waals surface area contributed by atoms with E-state index in [0.717, 1.165) is 24.3 Å². The van der Waals surface area contributed by atoms with Crippen molar-refractivity contribution in [1.29, 1.82) is 0 Å². The third-order valence-electron chi connectivity index (χ3n) is 2.82. The van der Waals surface area contributed by atoms with E-state index < -0.39 is 14.9 Å². The van der Waals surface area contributed by atoms with E-state index in [0.29, 0.717) is 5.56 Å². The normalized spacial score (nSPS) is 11.0. The van der Waals surface area contributed by atoms with Gasteiger partial charge in [0.2, 0.25) is 0 Å². The molecule has 8 heteroatoms. The second-order valence-electron chi connectivity index (χ2n) is 4.42. The highest BCUT2D eigenvalue weighted by Gasteiger charge is 2.09. The molecule has 0 aliphatic carbocycles. The zero-order valence-electron chi connectivity index (χ0n) is 11.5. The van der Waals surface area contributed by atoms with E-state index in [4.69, 9.17) is 0 Å². The maximum atomic E-state index is 12.1. The van der Waals surface area contributed by atoms with Crippen LogP contribution in [-0.4, -0.2) is 19.1 Å². The van der Waals surface area contributed by atoms with Crippen molar-refractivity contribution in [2.75, 3.05) is 0 Å². The van der Waals surface area contributed by atoms with Crippen LogP contribution in [0.3, 0.4) is 0 Å². The lowest BCUT2D eigenvalue weighted by Crippen LogP contribution is -1.99. The minimum Gasteiger partial charge on any atom is -0.573 e. The first-order chi connectivity index (χ1) is 10.3. The fourth-order valence-electron chi connectivity index (χ4n) is 1.71. The summed E-state index contributed by atoms with van der Waals surface area (Å²) >= 11 is 0. The molecule has 0 saturated heterocycles. The van der Waals surface area contributed by atoms with Gasteiger partial charge in [-0.2, -0.15) is 0 Å². The number of benzene rings is 2. The molecule has 0 aliphatic heterocycles. The zero-order chi connectivity index (χ0) is 16.3. The molecule has 0 fully saturated rings. The Morgan fingerprint density at radius 2 is 1.77 bits per heavy atom. The van der Waals surface area contributed by atoms with E-state index in [1.54, 1.807) is 6.07 Å². The number of ketones is 1. The van der Waals surface area contributed by atoms with Crippen LogP contribution in [-0.2, 0) is 10.0 Å². The van der Waals surface area contributed by atoms with Gasteiger partial charge < -0.3 is 4.72 Å². The Labute approximate surface area is 126 Å². The van der Waals surface area contributed by atoms with Gasteiger partial charge in [-0.05, 0) is 19.1 Å². The fraction of sp³-hybridized carbons (Fsp3) is 0.0714. The van der Waals surface area contributed by atoms with E-state index in [1.807, 2.05) is 0 Å². The van der Waals surface area contributed by atoms with Gasteiger partial charge in [0.15, 0.2) is 5.78 Å². The fourth-order valence-corrected chi connectivity index (χ4v) is 2.69. The number of carbonyl (C=O) groups is 1. The molecule has 0 aromatic heterocycles. The molecule has 0 saturated carbocycles. The van der Waals surface area contributed by atoms with Gasteiger partial charge in [0.25, 0.3) is 5.69 Å². The second-order valence-corrected chi connectivity index (χ2v) is 6.03. The first kappa shape index (κ1) is 15.6. The number of Topliss-reactive ketones (excluding diaryl/α,β-unsaturated/α-hetero) is 1. The smallest absolute Gasteiger partial charge is 0.269 e. The Balaban J connectivity index is 2.29. The Kier molecular flexibility index (Phi) is 4.22. The van der Waals surface area contributed by atoms with Gasteiger partial charge in [-0.15, -0.1) is 5.69 Å². The topological polar surface area (TPSA) is 108 Å². The molecule has 0 amide bonds. The van der Waals surface area contributed by atoms with Crippen molar-refractivity contribution >= 4 is 27.2 Å². The molecule has 0 spiro atoms. The zero-order valence-corrected chi connectivity index (χ0v) is 12.3. The van der Waals surface area contributed by atoms with Crippen molar-refractivity contribution in [1.82, 2.24) is 0 Å². The molecule has 0 atom stereocenters. The van der Waals surface area contributed by atoms with E-state index in [-0.39, 0.29) is 22.1 Å². The highest BCUT2D eigenvalue weighted by molar-refractivity contribution is 7.94. The lowest BCUT2D eigenvalue weighted by Gasteiger charge is -2.22. The molecule has 0 heterocycles. The van der Waals surface area contributed by atoms with Gasteiger partial charge in [-0.3, -0.25) is 14.9 Å². The van der Waals surface area contributed by atoms with Crippen LogP contribution in [0.2, 0.25) is 0 Å². The lowest BCUT2D eigenvalue weighted by molar-refractivity contribution is -0.384. The van der Waals surface area contributed by atoms with Crippen molar-refractivity contribution in [2.45, 2.75) is 11.8 Å². The van der Waals surface area contributed by atoms with Crippen molar-refractivity contribution in [3.8, 4) is 0 Å². The Morgan fingerprint density at radius 3 is 2.32 bits per heavy atom. The molecular weight excluding hydrogens is 308 g/mol. The Morgan fingerprint density at radius 1 is 1.14 bits per heavy atom. The first-order valence-corrected chi connectivity index (χ1v) is 7.57. The summed E-state index contributed by atoms with van der Waals surface area (Å²) in [6.07, 6.45) is 0. The van der Waals surface area contributed by atoms with Crippen LogP contribution in [0.5, 0.6) is 0 Å². The average molecular weight is 319 g/mol. The molecule has 0 radical (unpaired) electrons. The van der Waals surface area contributed by atoms with E-state index in [2.05, 4.69) is 4.72 Å². The largest absolute Gasteiger partial charge is 0.573 e. The average Bonchev–Trinajstić information content (AvgIpc) is 2.47. The number of rotatable bonds is 5. The highest BCUT2D eigenvalue weighted by Crippen LogP contribution is 2.29. The number of non-ortho nitro benzene ring substituents is 1. The highest BCUT2D eigenvalue weighted by atomic mass is 32.2. The summed E-state index contributed by atoms with van der Waals surface area (Å²) in [5.74, 6) is -0.204. The van der Waals surface area contributed by atoms with Gasteiger partial charge in [0.1, 0.15) is 10.0 Å². The second kappa shape index (κ2) is 5.94. The van der Waals surface area contributed by atoms with Crippen LogP contribution >= 0.6 is 0 Å². The van der Waals surface area contributed by atoms with Crippen molar-refractivity contribution in [3.63, 3.8) is 0 Å². The molecule has 0 aliphatic rings. The molecule has 0 bridgehead atoms. The van der Waals surface area contributed by atoms with Crippen LogP contribution < -0.4 is 0 Å². The van der Waals surface area contributed by atoms with Gasteiger partial charge in [-0.1, -0.05) is 24.3 Å². The molecule has 0 unspecified atom stereocenters. The van der Waals surface area contributed by atoms with Gasteiger partial charge in [-0.25, -0.2) is 8.42 Å². The van der Waals surface area contributed by atoms with E-state index in [1.165, 1.54) is 25.1 Å². The molecule has 22 heavy (non-hydrogen) atoms. The SMILES string of the molecule is CC(=O)c1cccc([N-]S(=O)(=O)c2ccc([N+](=O)[O-])cc2)c1. The monoisotopic (exact) mass is 319 g/mol. The van der Waals surface area contributed by atoms with Gasteiger partial charge in [0, 0.05) is 17.7 Å². The van der Waals surface area contributed by atoms with Crippen molar-refractivity contribution in [3.05, 3.63) is 68.9 Å². The molecule has 2 rings (SSSR count). The summed E-state index contributed by atoms with van der Waals surface area (Å²) < 4.78 is 27.9. The lowest BCUT2D eigenvalue weighted by atomic mass is 10.1. The molecule has 2 aromatic rings. The van der Waals surface area contributed by atoms with Crippen molar-refractivity contribution in [2.24, 2.45) is 0 Å². The number of nitrogens with zero attached hydrogens (tertiary/aromatic N) is 2. The Bertz CT molecular complexity index is 829. The molecule has 114 valence electrons. The first-order valence-electron chi connectivity index (χ1n) is 6.13. The van der Waals surface area contributed by atoms with Crippen LogP contribution in [0, 0.1) is 10.1 Å². The number of nitro benzene ring substituents is 1. The third-order valence-corrected chi connectivity index (χ3v) is 4.14. The van der Waals surface area contributed by atoms with Crippen molar-refractivity contribution < 1.29 is 18.1 Å². The minimum atomic E-state index is -4.01. The maximum absolute atomic E-state index is 12.1. The molecule has 7 nitrogen and oxygen atoms in total. The minimum absolute atomic E-state index is 0.117. The third kappa shape index (κ3) is 3.47. The molecule has 2 aromatic carbocycles.